The van der Waals surface area contributed by atoms with Gasteiger partial charge in [0, 0.05) is 38.7 Å². The third-order valence-corrected chi connectivity index (χ3v) is 5.30. The molecule has 0 radical (unpaired) electrons. The number of hydrogen-bond acceptors (Lipinski definition) is 5. The van der Waals surface area contributed by atoms with Crippen LogP contribution in [-0.2, 0) is 14.3 Å². The third kappa shape index (κ3) is 3.87. The fourth-order valence-electron chi connectivity index (χ4n) is 3.13. The van der Waals surface area contributed by atoms with Crippen LogP contribution in [0.2, 0.25) is 0 Å². The molecule has 0 bridgehead atoms. The molecule has 0 saturated carbocycles. The summed E-state index contributed by atoms with van der Waals surface area (Å²) in [6.45, 7) is 5.42. The number of carbonyl (C=O) groups is 2. The number of para-hydroxylation sites is 2. The van der Waals surface area contributed by atoms with Crippen molar-refractivity contribution >= 4 is 34.2 Å². The zero-order chi connectivity index (χ0) is 16.2. The van der Waals surface area contributed by atoms with Crippen LogP contribution in [-0.4, -0.2) is 49.6 Å². The topological polar surface area (TPSA) is 49.9 Å². The van der Waals surface area contributed by atoms with Gasteiger partial charge >= 0.3 is 0 Å². The predicted octanol–water partition coefficient (Wildman–Crippen LogP) is 2.16. The maximum absolute atomic E-state index is 12.5. The smallest absolute Gasteiger partial charge is 0.227 e. The first-order valence-electron chi connectivity index (χ1n) is 8.00. The molecule has 5 nitrogen and oxygen atoms in total. The predicted molar refractivity (Wildman–Crippen MR) is 93.1 cm³/mol. The van der Waals surface area contributed by atoms with Gasteiger partial charge < -0.3 is 14.5 Å². The van der Waals surface area contributed by atoms with E-state index in [1.54, 1.807) is 6.92 Å². The zero-order valence-electron chi connectivity index (χ0n) is 13.4. The van der Waals surface area contributed by atoms with Crippen LogP contribution >= 0.6 is 11.8 Å². The highest BCUT2D eigenvalue weighted by atomic mass is 32.2. The molecule has 0 N–H and O–H groups in total. The molecule has 3 rings (SSSR count). The third-order valence-electron chi connectivity index (χ3n) is 4.25. The van der Waals surface area contributed by atoms with E-state index in [0.29, 0.717) is 13.0 Å². The van der Waals surface area contributed by atoms with Gasteiger partial charge in [-0.15, -0.1) is 0 Å². The minimum atomic E-state index is 0.115. The first-order chi connectivity index (χ1) is 11.1. The van der Waals surface area contributed by atoms with Crippen molar-refractivity contribution in [3.05, 3.63) is 24.3 Å². The van der Waals surface area contributed by atoms with E-state index in [0.717, 1.165) is 43.4 Å². The van der Waals surface area contributed by atoms with E-state index in [-0.39, 0.29) is 16.9 Å². The van der Waals surface area contributed by atoms with E-state index >= 15 is 0 Å². The van der Waals surface area contributed by atoms with Crippen molar-refractivity contribution in [2.45, 2.75) is 13.3 Å². The number of amides is 1. The lowest BCUT2D eigenvalue weighted by atomic mass is 10.1. The Bertz CT molecular complexity index is 587. The van der Waals surface area contributed by atoms with Gasteiger partial charge in [-0.1, -0.05) is 23.9 Å². The molecule has 6 heteroatoms. The summed E-state index contributed by atoms with van der Waals surface area (Å²) in [5.74, 6) is 1.12. The van der Waals surface area contributed by atoms with Crippen LogP contribution in [0, 0.1) is 5.92 Å². The number of nitrogens with zero attached hydrogens (tertiary/aromatic N) is 2. The van der Waals surface area contributed by atoms with E-state index in [2.05, 4.69) is 11.0 Å². The molecule has 2 saturated heterocycles. The Kier molecular flexibility index (Phi) is 5.23. The summed E-state index contributed by atoms with van der Waals surface area (Å²) >= 11 is 1.32. The first-order valence-corrected chi connectivity index (χ1v) is 8.99. The Morgan fingerprint density at radius 3 is 2.65 bits per heavy atom. The standard InChI is InChI=1S/C17H22N2O3S/c1-13(20)23-12-14-10-17(21)19(11-14)16-5-3-2-4-15(16)18-6-8-22-9-7-18/h2-5,14H,6-12H2,1H3. The van der Waals surface area contributed by atoms with Crippen molar-refractivity contribution in [3.8, 4) is 0 Å². The number of anilines is 2. The molecule has 1 aromatic rings. The van der Waals surface area contributed by atoms with Crippen molar-refractivity contribution in [1.82, 2.24) is 0 Å². The average Bonchev–Trinajstić information content (AvgIpc) is 2.94. The maximum Gasteiger partial charge on any atom is 0.227 e. The second kappa shape index (κ2) is 7.36. The maximum atomic E-state index is 12.5. The number of thioether (sulfide) groups is 1. The van der Waals surface area contributed by atoms with Crippen LogP contribution in [0.5, 0.6) is 0 Å². The Balaban J connectivity index is 1.76. The number of benzene rings is 1. The van der Waals surface area contributed by atoms with Crippen LogP contribution in [0.4, 0.5) is 11.4 Å². The van der Waals surface area contributed by atoms with Crippen LogP contribution in [0.3, 0.4) is 0 Å². The second-order valence-corrected chi connectivity index (χ2v) is 7.16. The molecule has 2 fully saturated rings. The molecule has 23 heavy (non-hydrogen) atoms. The number of morpholine rings is 1. The van der Waals surface area contributed by atoms with Crippen molar-refractivity contribution in [1.29, 1.82) is 0 Å². The van der Waals surface area contributed by atoms with Gasteiger partial charge in [0.15, 0.2) is 5.12 Å². The normalized spacial score (nSPS) is 21.8. The Morgan fingerprint density at radius 1 is 1.26 bits per heavy atom. The molecule has 1 aromatic carbocycles. The summed E-state index contributed by atoms with van der Waals surface area (Å²) in [7, 11) is 0. The molecule has 2 heterocycles. The van der Waals surface area contributed by atoms with Crippen LogP contribution < -0.4 is 9.80 Å². The number of rotatable bonds is 4. The molecule has 124 valence electrons. The Morgan fingerprint density at radius 2 is 1.96 bits per heavy atom. The molecular formula is C17H22N2O3S. The SMILES string of the molecule is CC(=O)SCC1CC(=O)N(c2ccccc2N2CCOCC2)C1. The molecule has 1 atom stereocenters. The largest absolute Gasteiger partial charge is 0.378 e. The molecule has 1 unspecified atom stereocenters. The molecule has 0 aromatic heterocycles. The highest BCUT2D eigenvalue weighted by Gasteiger charge is 2.32. The summed E-state index contributed by atoms with van der Waals surface area (Å²) in [6.07, 6.45) is 0.526. The summed E-state index contributed by atoms with van der Waals surface area (Å²) in [5.41, 5.74) is 2.08. The van der Waals surface area contributed by atoms with Gasteiger partial charge in [-0.05, 0) is 18.1 Å². The van der Waals surface area contributed by atoms with Crippen molar-refractivity contribution in [2.75, 3.05) is 48.4 Å². The van der Waals surface area contributed by atoms with Gasteiger partial charge in [-0.2, -0.15) is 0 Å². The van der Waals surface area contributed by atoms with E-state index in [1.165, 1.54) is 11.8 Å². The highest BCUT2D eigenvalue weighted by molar-refractivity contribution is 8.13. The summed E-state index contributed by atoms with van der Waals surface area (Å²) in [5, 5.41) is 0.115. The van der Waals surface area contributed by atoms with E-state index < -0.39 is 0 Å². The van der Waals surface area contributed by atoms with Crippen molar-refractivity contribution in [2.24, 2.45) is 5.92 Å². The van der Waals surface area contributed by atoms with Gasteiger partial charge in [-0.25, -0.2) is 0 Å². The number of carbonyl (C=O) groups excluding carboxylic acids is 2. The fraction of sp³-hybridized carbons (Fsp3) is 0.529. The van der Waals surface area contributed by atoms with Crippen LogP contribution in [0.1, 0.15) is 13.3 Å². The quantitative estimate of drug-likeness (QED) is 0.844. The Hall–Kier alpha value is -1.53. The molecule has 0 spiro atoms. The highest BCUT2D eigenvalue weighted by Crippen LogP contribution is 2.34. The van der Waals surface area contributed by atoms with E-state index in [4.69, 9.17) is 4.74 Å². The lowest BCUT2D eigenvalue weighted by Crippen LogP contribution is -2.37. The van der Waals surface area contributed by atoms with Gasteiger partial charge in [-0.3, -0.25) is 9.59 Å². The Labute approximate surface area is 141 Å². The first kappa shape index (κ1) is 16.3. The minimum Gasteiger partial charge on any atom is -0.378 e. The fourth-order valence-corrected chi connectivity index (χ4v) is 3.82. The van der Waals surface area contributed by atoms with E-state index in [9.17, 15) is 9.59 Å². The summed E-state index contributed by atoms with van der Waals surface area (Å²) < 4.78 is 5.42. The molecular weight excluding hydrogens is 312 g/mol. The van der Waals surface area contributed by atoms with Gasteiger partial charge in [0.05, 0.1) is 24.6 Å². The van der Waals surface area contributed by atoms with Crippen molar-refractivity contribution in [3.63, 3.8) is 0 Å². The molecule has 0 aliphatic carbocycles. The lowest BCUT2D eigenvalue weighted by molar-refractivity contribution is -0.117. The summed E-state index contributed by atoms with van der Waals surface area (Å²) in [4.78, 5) is 27.8. The molecule has 2 aliphatic heterocycles. The molecule has 2 aliphatic rings. The van der Waals surface area contributed by atoms with Gasteiger partial charge in [0.25, 0.3) is 0 Å². The lowest BCUT2D eigenvalue weighted by Gasteiger charge is -2.32. The number of hydrogen-bond donors (Lipinski definition) is 0. The minimum absolute atomic E-state index is 0.115. The second-order valence-electron chi connectivity index (χ2n) is 5.97. The van der Waals surface area contributed by atoms with Crippen molar-refractivity contribution < 1.29 is 14.3 Å². The number of ether oxygens (including phenoxy) is 1. The zero-order valence-corrected chi connectivity index (χ0v) is 14.2. The van der Waals surface area contributed by atoms with E-state index in [1.807, 2.05) is 23.1 Å². The van der Waals surface area contributed by atoms with Gasteiger partial charge in [0.1, 0.15) is 0 Å². The van der Waals surface area contributed by atoms with Crippen LogP contribution in [0.15, 0.2) is 24.3 Å². The average molecular weight is 334 g/mol. The monoisotopic (exact) mass is 334 g/mol. The van der Waals surface area contributed by atoms with Gasteiger partial charge in [0.2, 0.25) is 5.91 Å². The van der Waals surface area contributed by atoms with Crippen LogP contribution in [0.25, 0.3) is 0 Å². The summed E-state index contributed by atoms with van der Waals surface area (Å²) in [6, 6.07) is 8.08. The molecule has 1 amide bonds.